The number of nitrogens with zero attached hydrogens (tertiary/aromatic N) is 1. The first-order valence-electron chi connectivity index (χ1n) is 5.70. The highest BCUT2D eigenvalue weighted by molar-refractivity contribution is 5.85. The predicted molar refractivity (Wildman–Crippen MR) is 67.6 cm³/mol. The molecule has 1 atom stereocenters. The molecule has 1 N–H and O–H groups in total. The van der Waals surface area contributed by atoms with Crippen molar-refractivity contribution in [2.45, 2.75) is 12.5 Å². The molecule has 0 saturated heterocycles. The molecule has 0 radical (unpaired) electrons. The Morgan fingerprint density at radius 2 is 2.25 bits per heavy atom. The average molecular weight is 212 g/mol. The number of aromatic nitrogens is 1. The number of fused-ring (bicyclic) bond motifs is 3. The van der Waals surface area contributed by atoms with Crippen molar-refractivity contribution in [1.82, 2.24) is 9.88 Å². The molecular formula is C14H16N2. The monoisotopic (exact) mass is 212 g/mol. The minimum Gasteiger partial charge on any atom is -0.357 e. The van der Waals surface area contributed by atoms with Gasteiger partial charge in [0.1, 0.15) is 0 Å². The number of benzene rings is 1. The number of rotatable bonds is 1. The van der Waals surface area contributed by atoms with E-state index in [0.717, 1.165) is 13.1 Å². The molecule has 0 spiro atoms. The summed E-state index contributed by atoms with van der Waals surface area (Å²) in [6, 6.07) is 8.53. The smallest absolute Gasteiger partial charge is 0.0459 e. The first-order valence-corrected chi connectivity index (χ1v) is 5.70. The maximum Gasteiger partial charge on any atom is 0.0459 e. The maximum atomic E-state index is 3.96. The van der Waals surface area contributed by atoms with Gasteiger partial charge in [0.2, 0.25) is 0 Å². The van der Waals surface area contributed by atoms with Crippen LogP contribution in [0.1, 0.15) is 17.2 Å². The number of nitrogens with one attached hydrogen (secondary N) is 1. The van der Waals surface area contributed by atoms with E-state index >= 15 is 0 Å². The standard InChI is InChI=1S/C14H16N2/c1-3-10-8-16(2)9-13-14(10)11-6-4-5-7-12(11)15-13/h3-7,10,15H,1,8-9H2,2H3/t10-/m0/s1. The molecule has 1 aromatic heterocycles. The quantitative estimate of drug-likeness (QED) is 0.720. The summed E-state index contributed by atoms with van der Waals surface area (Å²) in [5.74, 6) is 0.449. The molecule has 0 bridgehead atoms. The number of H-pyrrole nitrogens is 1. The highest BCUT2D eigenvalue weighted by Gasteiger charge is 2.24. The zero-order chi connectivity index (χ0) is 11.1. The minimum atomic E-state index is 0.449. The van der Waals surface area contributed by atoms with Gasteiger partial charge in [-0.25, -0.2) is 0 Å². The summed E-state index contributed by atoms with van der Waals surface area (Å²) in [5, 5.41) is 1.36. The highest BCUT2D eigenvalue weighted by atomic mass is 15.1. The van der Waals surface area contributed by atoms with Crippen LogP contribution in [0, 0.1) is 0 Å². The van der Waals surface area contributed by atoms with Crippen LogP contribution in [0.3, 0.4) is 0 Å². The van der Waals surface area contributed by atoms with Gasteiger partial charge in [0.15, 0.2) is 0 Å². The molecular weight excluding hydrogens is 196 g/mol. The van der Waals surface area contributed by atoms with Crippen molar-refractivity contribution >= 4 is 10.9 Å². The van der Waals surface area contributed by atoms with Crippen molar-refractivity contribution in [2.24, 2.45) is 0 Å². The van der Waals surface area contributed by atoms with Gasteiger partial charge < -0.3 is 4.98 Å². The number of hydrogen-bond acceptors (Lipinski definition) is 1. The SMILES string of the molecule is C=C[C@H]1CN(C)Cc2[nH]c3ccccc3c21. The molecule has 1 aliphatic rings. The Morgan fingerprint density at radius 1 is 1.44 bits per heavy atom. The number of likely N-dealkylation sites (N-methyl/N-ethyl adjacent to an activating group) is 1. The molecule has 16 heavy (non-hydrogen) atoms. The lowest BCUT2D eigenvalue weighted by Crippen LogP contribution is -2.29. The van der Waals surface area contributed by atoms with Gasteiger partial charge in [0.25, 0.3) is 0 Å². The van der Waals surface area contributed by atoms with Crippen LogP contribution in [0.4, 0.5) is 0 Å². The van der Waals surface area contributed by atoms with E-state index in [9.17, 15) is 0 Å². The van der Waals surface area contributed by atoms with Crippen LogP contribution in [0.25, 0.3) is 10.9 Å². The number of para-hydroxylation sites is 1. The van der Waals surface area contributed by atoms with Crippen molar-refractivity contribution in [2.75, 3.05) is 13.6 Å². The van der Waals surface area contributed by atoms with Crippen molar-refractivity contribution in [3.63, 3.8) is 0 Å². The van der Waals surface area contributed by atoms with E-state index < -0.39 is 0 Å². The Hall–Kier alpha value is -1.54. The summed E-state index contributed by atoms with van der Waals surface area (Å²) in [4.78, 5) is 5.86. The molecule has 2 heteroatoms. The maximum absolute atomic E-state index is 3.96. The van der Waals surface area contributed by atoms with Crippen molar-refractivity contribution in [3.8, 4) is 0 Å². The van der Waals surface area contributed by atoms with Crippen LogP contribution in [-0.2, 0) is 6.54 Å². The molecule has 3 rings (SSSR count). The lowest BCUT2D eigenvalue weighted by molar-refractivity contribution is 0.295. The van der Waals surface area contributed by atoms with Crippen molar-refractivity contribution < 1.29 is 0 Å². The Kier molecular flexibility index (Phi) is 2.11. The first kappa shape index (κ1) is 9.67. The molecule has 1 aromatic carbocycles. The topological polar surface area (TPSA) is 19.0 Å². The minimum absolute atomic E-state index is 0.449. The fraction of sp³-hybridized carbons (Fsp3) is 0.286. The summed E-state index contributed by atoms with van der Waals surface area (Å²) < 4.78 is 0. The lowest BCUT2D eigenvalue weighted by atomic mass is 9.92. The highest BCUT2D eigenvalue weighted by Crippen LogP contribution is 2.34. The molecule has 0 aliphatic carbocycles. The molecule has 2 heterocycles. The van der Waals surface area contributed by atoms with Crippen LogP contribution in [0.2, 0.25) is 0 Å². The van der Waals surface area contributed by atoms with Crippen molar-refractivity contribution in [3.05, 3.63) is 48.2 Å². The summed E-state index contributed by atoms with van der Waals surface area (Å²) in [6.45, 7) is 6.04. The third-order valence-corrected chi connectivity index (χ3v) is 3.42. The summed E-state index contributed by atoms with van der Waals surface area (Å²) in [5.41, 5.74) is 4.04. The Bertz CT molecular complexity index is 539. The number of aromatic amines is 1. The zero-order valence-corrected chi connectivity index (χ0v) is 9.53. The van der Waals surface area contributed by atoms with Crippen LogP contribution in [0.5, 0.6) is 0 Å². The van der Waals surface area contributed by atoms with Gasteiger partial charge in [-0.1, -0.05) is 24.3 Å². The Balaban J connectivity index is 2.27. The van der Waals surface area contributed by atoms with Gasteiger partial charge in [-0.15, -0.1) is 6.58 Å². The van der Waals surface area contributed by atoms with Gasteiger partial charge in [0.05, 0.1) is 0 Å². The largest absolute Gasteiger partial charge is 0.357 e. The first-order chi connectivity index (χ1) is 7.79. The lowest BCUT2D eigenvalue weighted by Gasteiger charge is -2.28. The third-order valence-electron chi connectivity index (χ3n) is 3.42. The van der Waals surface area contributed by atoms with E-state index in [-0.39, 0.29) is 0 Å². The van der Waals surface area contributed by atoms with E-state index in [0.29, 0.717) is 5.92 Å². The average Bonchev–Trinajstić information content (AvgIpc) is 2.65. The third kappa shape index (κ3) is 1.30. The fourth-order valence-corrected chi connectivity index (χ4v) is 2.72. The van der Waals surface area contributed by atoms with Gasteiger partial charge in [-0.05, 0) is 18.7 Å². The van der Waals surface area contributed by atoms with E-state index in [1.165, 1.54) is 22.2 Å². The van der Waals surface area contributed by atoms with E-state index in [1.54, 1.807) is 0 Å². The van der Waals surface area contributed by atoms with E-state index in [1.807, 2.05) is 0 Å². The summed E-state index contributed by atoms with van der Waals surface area (Å²) >= 11 is 0. The molecule has 0 unspecified atom stereocenters. The molecule has 1 aliphatic heterocycles. The summed E-state index contributed by atoms with van der Waals surface area (Å²) in [6.07, 6.45) is 2.06. The molecule has 2 aromatic rings. The predicted octanol–water partition coefficient (Wildman–Crippen LogP) is 2.88. The molecule has 0 fully saturated rings. The van der Waals surface area contributed by atoms with Gasteiger partial charge in [0, 0.05) is 35.6 Å². The Labute approximate surface area is 95.6 Å². The molecule has 0 amide bonds. The van der Waals surface area contributed by atoms with Crippen molar-refractivity contribution in [1.29, 1.82) is 0 Å². The van der Waals surface area contributed by atoms with Crippen LogP contribution in [-0.4, -0.2) is 23.5 Å². The normalized spacial score (nSPS) is 20.9. The molecule has 82 valence electrons. The van der Waals surface area contributed by atoms with Crippen LogP contribution < -0.4 is 0 Å². The van der Waals surface area contributed by atoms with E-state index in [2.05, 4.69) is 53.9 Å². The van der Waals surface area contributed by atoms with Gasteiger partial charge >= 0.3 is 0 Å². The van der Waals surface area contributed by atoms with Gasteiger partial charge in [-0.3, -0.25) is 4.90 Å². The van der Waals surface area contributed by atoms with Crippen LogP contribution in [0.15, 0.2) is 36.9 Å². The second-order valence-electron chi connectivity index (χ2n) is 4.60. The van der Waals surface area contributed by atoms with Gasteiger partial charge in [-0.2, -0.15) is 0 Å². The molecule has 0 saturated carbocycles. The van der Waals surface area contributed by atoms with E-state index in [4.69, 9.17) is 0 Å². The second kappa shape index (κ2) is 3.49. The molecule has 2 nitrogen and oxygen atoms in total. The fourth-order valence-electron chi connectivity index (χ4n) is 2.72. The van der Waals surface area contributed by atoms with Crippen LogP contribution >= 0.6 is 0 Å². The second-order valence-corrected chi connectivity index (χ2v) is 4.60. The zero-order valence-electron chi connectivity index (χ0n) is 9.53. The number of hydrogen-bond donors (Lipinski definition) is 1. The summed E-state index contributed by atoms with van der Waals surface area (Å²) in [7, 11) is 2.16. The Morgan fingerprint density at radius 3 is 3.06 bits per heavy atom.